The summed E-state index contributed by atoms with van der Waals surface area (Å²) < 4.78 is 0. The van der Waals surface area contributed by atoms with Crippen LogP contribution in [0.3, 0.4) is 0 Å². The molecule has 0 radical (unpaired) electrons. The summed E-state index contributed by atoms with van der Waals surface area (Å²) in [6, 6.07) is 4.30. The molecule has 2 atom stereocenters. The van der Waals surface area contributed by atoms with Crippen LogP contribution >= 0.6 is 0 Å². The predicted molar refractivity (Wildman–Crippen MR) is 61.1 cm³/mol. The van der Waals surface area contributed by atoms with E-state index in [4.69, 9.17) is 5.11 Å². The fraction of sp³-hybridized carbons (Fsp3) is 0.583. The van der Waals surface area contributed by atoms with E-state index in [1.165, 1.54) is 0 Å². The number of rotatable bonds is 3. The van der Waals surface area contributed by atoms with Crippen LogP contribution in [0.2, 0.25) is 0 Å². The number of carbonyl (C=O) groups is 1. The van der Waals surface area contributed by atoms with E-state index < -0.39 is 5.97 Å². The summed E-state index contributed by atoms with van der Waals surface area (Å²) in [7, 11) is 0. The topological polar surface area (TPSA) is 56.3 Å². The van der Waals surface area contributed by atoms with Gasteiger partial charge in [-0.05, 0) is 38.4 Å². The average molecular weight is 222 g/mol. The molecule has 1 saturated heterocycles. The minimum atomic E-state index is -0.664. The summed E-state index contributed by atoms with van der Waals surface area (Å²) in [5, 5.41) is 9.03. The molecule has 2 heterocycles. The van der Waals surface area contributed by atoms with Gasteiger partial charge in [-0.15, -0.1) is 0 Å². The Balaban J connectivity index is 2.01. The van der Waals surface area contributed by atoms with Crippen molar-refractivity contribution in [3.8, 4) is 0 Å². The van der Waals surface area contributed by atoms with E-state index in [2.05, 4.69) is 22.9 Å². The lowest BCUT2D eigenvalue weighted by Gasteiger charge is -2.34. The van der Waals surface area contributed by atoms with Crippen molar-refractivity contribution in [1.29, 1.82) is 0 Å². The van der Waals surface area contributed by atoms with Gasteiger partial charge in [0.2, 0.25) is 0 Å². The number of hydrogen-bond donors (Lipinski definition) is 2. The number of carboxylic acids is 1. The van der Waals surface area contributed by atoms with Crippen LogP contribution < -0.4 is 0 Å². The highest BCUT2D eigenvalue weighted by Gasteiger charge is 2.28. The normalized spacial score (nSPS) is 24.2. The van der Waals surface area contributed by atoms with Crippen molar-refractivity contribution in [3.63, 3.8) is 0 Å². The van der Waals surface area contributed by atoms with Crippen molar-refractivity contribution in [2.45, 2.75) is 25.8 Å². The summed E-state index contributed by atoms with van der Waals surface area (Å²) in [6.07, 6.45) is 3.69. The SMILES string of the molecule is C[C@@H](c1ccc[nH]1)N1CCC[C@H](C(=O)O)C1. The van der Waals surface area contributed by atoms with E-state index in [0.29, 0.717) is 6.54 Å². The zero-order valence-electron chi connectivity index (χ0n) is 9.52. The Morgan fingerprint density at radius 3 is 3.12 bits per heavy atom. The van der Waals surface area contributed by atoms with Crippen LogP contribution in [0.4, 0.5) is 0 Å². The zero-order valence-corrected chi connectivity index (χ0v) is 9.52. The van der Waals surface area contributed by atoms with Gasteiger partial charge in [0.05, 0.1) is 5.92 Å². The van der Waals surface area contributed by atoms with E-state index in [0.717, 1.165) is 25.1 Å². The van der Waals surface area contributed by atoms with Crippen molar-refractivity contribution in [1.82, 2.24) is 9.88 Å². The monoisotopic (exact) mass is 222 g/mol. The van der Waals surface area contributed by atoms with E-state index in [9.17, 15) is 4.79 Å². The third-order valence-electron chi connectivity index (χ3n) is 3.42. The number of H-pyrrole nitrogens is 1. The first kappa shape index (κ1) is 11.2. The summed E-state index contributed by atoms with van der Waals surface area (Å²) >= 11 is 0. The molecule has 4 heteroatoms. The number of nitrogens with zero attached hydrogens (tertiary/aromatic N) is 1. The Morgan fingerprint density at radius 2 is 2.50 bits per heavy atom. The van der Waals surface area contributed by atoms with E-state index in [1.54, 1.807) is 0 Å². The molecule has 1 aliphatic rings. The second-order valence-corrected chi connectivity index (χ2v) is 4.47. The molecule has 0 unspecified atom stereocenters. The zero-order chi connectivity index (χ0) is 11.5. The lowest BCUT2D eigenvalue weighted by Crippen LogP contribution is -2.40. The lowest BCUT2D eigenvalue weighted by molar-refractivity contribution is -0.143. The molecule has 2 rings (SSSR count). The van der Waals surface area contributed by atoms with Gasteiger partial charge in [0.25, 0.3) is 0 Å². The number of aliphatic carboxylic acids is 1. The Hall–Kier alpha value is -1.29. The molecule has 1 aliphatic heterocycles. The van der Waals surface area contributed by atoms with Gasteiger partial charge < -0.3 is 10.1 Å². The number of piperidine rings is 1. The van der Waals surface area contributed by atoms with Gasteiger partial charge in [-0.1, -0.05) is 0 Å². The van der Waals surface area contributed by atoms with Crippen molar-refractivity contribution in [2.24, 2.45) is 5.92 Å². The minimum Gasteiger partial charge on any atom is -0.481 e. The molecule has 1 aromatic rings. The average Bonchev–Trinajstić information content (AvgIpc) is 2.81. The Kier molecular flexibility index (Phi) is 3.29. The first-order valence-electron chi connectivity index (χ1n) is 5.78. The molecule has 0 saturated carbocycles. The molecule has 0 spiro atoms. The maximum atomic E-state index is 11.0. The van der Waals surface area contributed by atoms with Crippen molar-refractivity contribution < 1.29 is 9.90 Å². The van der Waals surface area contributed by atoms with Crippen LogP contribution in [0.15, 0.2) is 18.3 Å². The molecule has 4 nitrogen and oxygen atoms in total. The van der Waals surface area contributed by atoms with Gasteiger partial charge in [0, 0.05) is 24.5 Å². The largest absolute Gasteiger partial charge is 0.481 e. The Morgan fingerprint density at radius 1 is 1.69 bits per heavy atom. The lowest BCUT2D eigenvalue weighted by atomic mass is 9.96. The first-order chi connectivity index (χ1) is 7.68. The van der Waals surface area contributed by atoms with Crippen LogP contribution in [0.5, 0.6) is 0 Å². The van der Waals surface area contributed by atoms with Gasteiger partial charge >= 0.3 is 5.97 Å². The third-order valence-corrected chi connectivity index (χ3v) is 3.42. The number of carboxylic acid groups (broad SMARTS) is 1. The number of likely N-dealkylation sites (tertiary alicyclic amines) is 1. The summed E-state index contributed by atoms with van der Waals surface area (Å²) in [5.74, 6) is -0.866. The fourth-order valence-electron chi connectivity index (χ4n) is 2.36. The van der Waals surface area contributed by atoms with Gasteiger partial charge in [-0.2, -0.15) is 0 Å². The second kappa shape index (κ2) is 4.70. The van der Waals surface area contributed by atoms with Crippen LogP contribution in [-0.2, 0) is 4.79 Å². The molecule has 2 N–H and O–H groups in total. The number of aromatic amines is 1. The smallest absolute Gasteiger partial charge is 0.307 e. The van der Waals surface area contributed by atoms with Crippen molar-refractivity contribution >= 4 is 5.97 Å². The number of hydrogen-bond acceptors (Lipinski definition) is 2. The van der Waals surface area contributed by atoms with Crippen LogP contribution in [0.25, 0.3) is 0 Å². The van der Waals surface area contributed by atoms with E-state index >= 15 is 0 Å². The molecular weight excluding hydrogens is 204 g/mol. The van der Waals surface area contributed by atoms with Crippen LogP contribution in [0, 0.1) is 5.92 Å². The molecule has 0 bridgehead atoms. The molecule has 0 aromatic carbocycles. The van der Waals surface area contributed by atoms with Crippen LogP contribution in [-0.4, -0.2) is 34.0 Å². The summed E-state index contributed by atoms with van der Waals surface area (Å²) in [4.78, 5) is 16.4. The third kappa shape index (κ3) is 2.27. The van der Waals surface area contributed by atoms with Gasteiger partial charge in [-0.25, -0.2) is 0 Å². The molecule has 1 aromatic heterocycles. The fourth-order valence-corrected chi connectivity index (χ4v) is 2.36. The Labute approximate surface area is 95.3 Å². The standard InChI is InChI=1S/C12H18N2O2/c1-9(11-5-2-6-13-11)14-7-3-4-10(8-14)12(15)16/h2,5-6,9-10,13H,3-4,7-8H2,1H3,(H,15,16)/t9-,10-/m0/s1. The van der Waals surface area contributed by atoms with Gasteiger partial charge in [0.1, 0.15) is 0 Å². The molecule has 88 valence electrons. The van der Waals surface area contributed by atoms with Crippen molar-refractivity contribution in [2.75, 3.05) is 13.1 Å². The van der Waals surface area contributed by atoms with E-state index in [-0.39, 0.29) is 12.0 Å². The van der Waals surface area contributed by atoms with Crippen LogP contribution in [0.1, 0.15) is 31.5 Å². The van der Waals surface area contributed by atoms with Gasteiger partial charge in [-0.3, -0.25) is 9.69 Å². The maximum Gasteiger partial charge on any atom is 0.307 e. The van der Waals surface area contributed by atoms with E-state index in [1.807, 2.05) is 12.3 Å². The molecule has 0 aliphatic carbocycles. The maximum absolute atomic E-state index is 11.0. The highest BCUT2D eigenvalue weighted by atomic mass is 16.4. The van der Waals surface area contributed by atoms with Gasteiger partial charge in [0.15, 0.2) is 0 Å². The highest BCUT2D eigenvalue weighted by Crippen LogP contribution is 2.25. The molecule has 16 heavy (non-hydrogen) atoms. The number of aromatic nitrogens is 1. The Bertz CT molecular complexity index is 348. The molecule has 1 fully saturated rings. The molecular formula is C12H18N2O2. The highest BCUT2D eigenvalue weighted by molar-refractivity contribution is 5.70. The minimum absolute atomic E-state index is 0.203. The second-order valence-electron chi connectivity index (χ2n) is 4.47. The first-order valence-corrected chi connectivity index (χ1v) is 5.78. The van der Waals surface area contributed by atoms with Crippen molar-refractivity contribution in [3.05, 3.63) is 24.0 Å². The predicted octanol–water partition coefficient (Wildman–Crippen LogP) is 1.87. The molecule has 0 amide bonds. The summed E-state index contributed by atoms with van der Waals surface area (Å²) in [6.45, 7) is 3.77. The number of nitrogens with one attached hydrogen (secondary N) is 1. The summed E-state index contributed by atoms with van der Waals surface area (Å²) in [5.41, 5.74) is 1.16. The quantitative estimate of drug-likeness (QED) is 0.821.